The predicted molar refractivity (Wildman–Crippen MR) is 62.5 cm³/mol. The first-order chi connectivity index (χ1) is 7.27. The summed E-state index contributed by atoms with van der Waals surface area (Å²) >= 11 is 0. The summed E-state index contributed by atoms with van der Waals surface area (Å²) in [6, 6.07) is 0.167. The van der Waals surface area contributed by atoms with Crippen LogP contribution in [0.4, 0.5) is 0 Å². The number of hydrogen-bond acceptors (Lipinski definition) is 2. The highest BCUT2D eigenvalue weighted by atomic mass is 16.1. The molecule has 3 nitrogen and oxygen atoms in total. The molecule has 15 heavy (non-hydrogen) atoms. The minimum Gasteiger partial charge on any atom is -0.352 e. The summed E-state index contributed by atoms with van der Waals surface area (Å²) in [6.45, 7) is 2.61. The van der Waals surface area contributed by atoms with Crippen LogP contribution in [-0.2, 0) is 4.79 Å². The largest absolute Gasteiger partial charge is 0.352 e. The van der Waals surface area contributed by atoms with Crippen LogP contribution in [-0.4, -0.2) is 18.5 Å². The first-order valence-electron chi connectivity index (χ1n) is 6.28. The average molecular weight is 212 g/mol. The standard InChI is InChI=1S/C12H24N2O/c1-2-11(9-13)14-12(15)10-7-5-3-4-6-8-10/h10-11H,2-9,13H2,1H3,(H,14,15). The van der Waals surface area contributed by atoms with Crippen LogP contribution >= 0.6 is 0 Å². The van der Waals surface area contributed by atoms with Gasteiger partial charge in [0.15, 0.2) is 0 Å². The maximum absolute atomic E-state index is 11.9. The normalized spacial score (nSPS) is 20.7. The molecule has 1 aliphatic carbocycles. The Balaban J connectivity index is 2.36. The van der Waals surface area contributed by atoms with Crippen LogP contribution in [0.5, 0.6) is 0 Å². The van der Waals surface area contributed by atoms with E-state index in [1.807, 2.05) is 0 Å². The zero-order valence-electron chi connectivity index (χ0n) is 9.80. The molecule has 1 rings (SSSR count). The lowest BCUT2D eigenvalue weighted by Gasteiger charge is -2.19. The Labute approximate surface area is 92.8 Å². The van der Waals surface area contributed by atoms with Crippen molar-refractivity contribution in [2.75, 3.05) is 6.54 Å². The number of nitrogens with one attached hydrogen (secondary N) is 1. The van der Waals surface area contributed by atoms with Gasteiger partial charge in [0.2, 0.25) is 5.91 Å². The molecule has 1 aliphatic rings. The van der Waals surface area contributed by atoms with E-state index in [1.165, 1.54) is 25.7 Å². The number of carbonyl (C=O) groups excluding carboxylic acids is 1. The van der Waals surface area contributed by atoms with Gasteiger partial charge in [0.25, 0.3) is 0 Å². The van der Waals surface area contributed by atoms with Crippen LogP contribution in [0.1, 0.15) is 51.9 Å². The molecular formula is C12H24N2O. The van der Waals surface area contributed by atoms with Gasteiger partial charge in [-0.3, -0.25) is 4.79 Å². The molecule has 0 bridgehead atoms. The number of carbonyl (C=O) groups is 1. The lowest BCUT2D eigenvalue weighted by Crippen LogP contribution is -2.42. The van der Waals surface area contributed by atoms with E-state index in [4.69, 9.17) is 5.73 Å². The molecule has 3 heteroatoms. The fourth-order valence-corrected chi connectivity index (χ4v) is 2.19. The van der Waals surface area contributed by atoms with Crippen LogP contribution < -0.4 is 11.1 Å². The smallest absolute Gasteiger partial charge is 0.223 e. The molecule has 0 aromatic carbocycles. The molecule has 1 saturated carbocycles. The molecule has 0 aromatic heterocycles. The van der Waals surface area contributed by atoms with Crippen molar-refractivity contribution in [2.45, 2.75) is 57.9 Å². The molecule has 0 radical (unpaired) electrons. The van der Waals surface area contributed by atoms with Gasteiger partial charge >= 0.3 is 0 Å². The van der Waals surface area contributed by atoms with E-state index in [-0.39, 0.29) is 17.9 Å². The molecule has 0 spiro atoms. The summed E-state index contributed by atoms with van der Waals surface area (Å²) < 4.78 is 0. The molecule has 0 aliphatic heterocycles. The van der Waals surface area contributed by atoms with Crippen molar-refractivity contribution in [1.29, 1.82) is 0 Å². The first-order valence-corrected chi connectivity index (χ1v) is 6.28. The van der Waals surface area contributed by atoms with E-state index in [1.54, 1.807) is 0 Å². The Morgan fingerprint density at radius 3 is 2.40 bits per heavy atom. The maximum atomic E-state index is 11.9. The Hall–Kier alpha value is -0.570. The third-order valence-corrected chi connectivity index (χ3v) is 3.35. The highest BCUT2D eigenvalue weighted by Gasteiger charge is 2.21. The first kappa shape index (κ1) is 12.5. The van der Waals surface area contributed by atoms with Gasteiger partial charge in [0.1, 0.15) is 0 Å². The summed E-state index contributed by atoms with van der Waals surface area (Å²) in [5.74, 6) is 0.474. The van der Waals surface area contributed by atoms with Crippen molar-refractivity contribution in [1.82, 2.24) is 5.32 Å². The molecule has 0 saturated heterocycles. The third-order valence-electron chi connectivity index (χ3n) is 3.35. The summed E-state index contributed by atoms with van der Waals surface area (Å²) in [5.41, 5.74) is 5.58. The topological polar surface area (TPSA) is 55.1 Å². The van der Waals surface area contributed by atoms with Gasteiger partial charge in [0, 0.05) is 18.5 Å². The summed E-state index contributed by atoms with van der Waals surface area (Å²) in [5, 5.41) is 3.05. The van der Waals surface area contributed by atoms with Gasteiger partial charge in [-0.25, -0.2) is 0 Å². The molecule has 3 N–H and O–H groups in total. The summed E-state index contributed by atoms with van der Waals surface area (Å²) in [6.07, 6.45) is 8.04. The van der Waals surface area contributed by atoms with Crippen molar-refractivity contribution in [2.24, 2.45) is 11.7 Å². The summed E-state index contributed by atoms with van der Waals surface area (Å²) in [4.78, 5) is 11.9. The van der Waals surface area contributed by atoms with Gasteiger partial charge in [-0.05, 0) is 19.3 Å². The predicted octanol–water partition coefficient (Wildman–Crippen LogP) is 1.81. The van der Waals surface area contributed by atoms with Crippen LogP contribution in [0, 0.1) is 5.92 Å². The molecule has 1 amide bonds. The SMILES string of the molecule is CCC(CN)NC(=O)C1CCCCCC1. The Morgan fingerprint density at radius 2 is 1.93 bits per heavy atom. The molecule has 88 valence electrons. The van der Waals surface area contributed by atoms with Crippen molar-refractivity contribution in [3.8, 4) is 0 Å². The second-order valence-electron chi connectivity index (χ2n) is 4.54. The zero-order chi connectivity index (χ0) is 11.1. The van der Waals surface area contributed by atoms with Crippen molar-refractivity contribution in [3.63, 3.8) is 0 Å². The number of hydrogen-bond donors (Lipinski definition) is 2. The quantitative estimate of drug-likeness (QED) is 0.698. The molecular weight excluding hydrogens is 188 g/mol. The lowest BCUT2D eigenvalue weighted by atomic mass is 9.99. The van der Waals surface area contributed by atoms with Crippen molar-refractivity contribution in [3.05, 3.63) is 0 Å². The third kappa shape index (κ3) is 4.20. The Morgan fingerprint density at radius 1 is 1.33 bits per heavy atom. The van der Waals surface area contributed by atoms with Gasteiger partial charge in [0.05, 0.1) is 0 Å². The minimum atomic E-state index is 0.167. The van der Waals surface area contributed by atoms with E-state index in [0.717, 1.165) is 19.3 Å². The minimum absolute atomic E-state index is 0.167. The lowest BCUT2D eigenvalue weighted by molar-refractivity contribution is -0.126. The highest BCUT2D eigenvalue weighted by Crippen LogP contribution is 2.22. The van der Waals surface area contributed by atoms with Gasteiger partial charge < -0.3 is 11.1 Å². The molecule has 1 atom stereocenters. The zero-order valence-corrected chi connectivity index (χ0v) is 9.80. The molecule has 0 heterocycles. The van der Waals surface area contributed by atoms with E-state index in [0.29, 0.717) is 6.54 Å². The molecule has 0 aromatic rings. The highest BCUT2D eigenvalue weighted by molar-refractivity contribution is 5.78. The summed E-state index contributed by atoms with van der Waals surface area (Å²) in [7, 11) is 0. The number of nitrogens with two attached hydrogens (primary N) is 1. The number of amides is 1. The Kier molecular flexibility index (Phi) is 5.69. The Bertz CT molecular complexity index is 182. The van der Waals surface area contributed by atoms with E-state index < -0.39 is 0 Å². The van der Waals surface area contributed by atoms with E-state index >= 15 is 0 Å². The fourth-order valence-electron chi connectivity index (χ4n) is 2.19. The van der Waals surface area contributed by atoms with Gasteiger partial charge in [-0.1, -0.05) is 32.6 Å². The van der Waals surface area contributed by atoms with Crippen LogP contribution in [0.25, 0.3) is 0 Å². The van der Waals surface area contributed by atoms with Crippen LogP contribution in [0.2, 0.25) is 0 Å². The maximum Gasteiger partial charge on any atom is 0.223 e. The second-order valence-corrected chi connectivity index (χ2v) is 4.54. The molecule has 1 unspecified atom stereocenters. The average Bonchev–Trinajstić information content (AvgIpc) is 2.54. The molecule has 1 fully saturated rings. The second kappa shape index (κ2) is 6.83. The van der Waals surface area contributed by atoms with Crippen LogP contribution in [0.3, 0.4) is 0 Å². The van der Waals surface area contributed by atoms with Gasteiger partial charge in [-0.2, -0.15) is 0 Å². The van der Waals surface area contributed by atoms with E-state index in [9.17, 15) is 4.79 Å². The van der Waals surface area contributed by atoms with Crippen molar-refractivity contribution < 1.29 is 4.79 Å². The fraction of sp³-hybridized carbons (Fsp3) is 0.917. The monoisotopic (exact) mass is 212 g/mol. The van der Waals surface area contributed by atoms with Crippen molar-refractivity contribution >= 4 is 5.91 Å². The van der Waals surface area contributed by atoms with E-state index in [2.05, 4.69) is 12.2 Å². The number of rotatable bonds is 4. The van der Waals surface area contributed by atoms with Crippen LogP contribution in [0.15, 0.2) is 0 Å². The van der Waals surface area contributed by atoms with Gasteiger partial charge in [-0.15, -0.1) is 0 Å².